The monoisotopic (exact) mass is 370 g/mol. The maximum atomic E-state index is 12.4. The number of aromatic nitrogens is 2. The van der Waals surface area contributed by atoms with E-state index in [1.54, 1.807) is 0 Å². The van der Waals surface area contributed by atoms with E-state index in [0.717, 1.165) is 56.9 Å². The number of para-hydroxylation sites is 2. The number of fused-ring (bicyclic) bond motifs is 1. The van der Waals surface area contributed by atoms with Crippen LogP contribution in [0, 0.1) is 17.8 Å². The van der Waals surface area contributed by atoms with E-state index in [0.29, 0.717) is 11.8 Å². The molecule has 2 heterocycles. The summed E-state index contributed by atoms with van der Waals surface area (Å²) in [4.78, 5) is 19.7. The maximum absolute atomic E-state index is 12.4. The smallest absolute Gasteiger partial charge is 0.223 e. The number of amides is 1. The van der Waals surface area contributed by atoms with Crippen molar-refractivity contribution in [2.45, 2.75) is 53.5 Å². The summed E-state index contributed by atoms with van der Waals surface area (Å²) in [5.74, 6) is 2.58. The summed E-state index contributed by atoms with van der Waals surface area (Å²) in [6.45, 7) is 12.3. The standard InChI is InChI=1S/C22H34N4O/c1-16(2)9-14-26-20-8-6-5-7-19(20)24-22(26)25-12-10-18(11-13-25)21(27)23-15-17(3)4/h5-8,16-18H,9-15H2,1-4H3,(H,23,27). The van der Waals surface area contributed by atoms with Crippen molar-refractivity contribution >= 4 is 22.9 Å². The van der Waals surface area contributed by atoms with Crippen molar-refractivity contribution in [1.29, 1.82) is 0 Å². The summed E-state index contributed by atoms with van der Waals surface area (Å²) in [5, 5.41) is 3.09. The summed E-state index contributed by atoms with van der Waals surface area (Å²) in [5.41, 5.74) is 2.28. The Morgan fingerprint density at radius 1 is 1.15 bits per heavy atom. The first-order valence-electron chi connectivity index (χ1n) is 10.4. The van der Waals surface area contributed by atoms with Gasteiger partial charge in [0.05, 0.1) is 11.0 Å². The summed E-state index contributed by atoms with van der Waals surface area (Å²) in [7, 11) is 0. The molecule has 1 aromatic heterocycles. The van der Waals surface area contributed by atoms with Gasteiger partial charge < -0.3 is 14.8 Å². The lowest BCUT2D eigenvalue weighted by Crippen LogP contribution is -2.42. The van der Waals surface area contributed by atoms with E-state index in [2.05, 4.69) is 66.7 Å². The van der Waals surface area contributed by atoms with E-state index in [4.69, 9.17) is 4.98 Å². The van der Waals surface area contributed by atoms with Crippen LogP contribution in [0.1, 0.15) is 47.0 Å². The number of nitrogens with one attached hydrogen (secondary N) is 1. The number of rotatable bonds is 7. The molecule has 1 aliphatic heterocycles. The van der Waals surface area contributed by atoms with Gasteiger partial charge in [0.1, 0.15) is 0 Å². The van der Waals surface area contributed by atoms with Gasteiger partial charge in [0.25, 0.3) is 0 Å². The van der Waals surface area contributed by atoms with Gasteiger partial charge in [-0.25, -0.2) is 4.98 Å². The van der Waals surface area contributed by atoms with Crippen LogP contribution in [-0.4, -0.2) is 35.1 Å². The predicted molar refractivity (Wildman–Crippen MR) is 112 cm³/mol. The highest BCUT2D eigenvalue weighted by atomic mass is 16.1. The van der Waals surface area contributed by atoms with Crippen molar-refractivity contribution in [3.05, 3.63) is 24.3 Å². The molecule has 27 heavy (non-hydrogen) atoms. The molecular weight excluding hydrogens is 336 g/mol. The predicted octanol–water partition coefficient (Wildman–Crippen LogP) is 4.07. The van der Waals surface area contributed by atoms with Gasteiger partial charge in [-0.05, 0) is 43.2 Å². The highest BCUT2D eigenvalue weighted by molar-refractivity contribution is 5.80. The van der Waals surface area contributed by atoms with Gasteiger partial charge >= 0.3 is 0 Å². The molecule has 5 nitrogen and oxygen atoms in total. The molecule has 1 amide bonds. The maximum Gasteiger partial charge on any atom is 0.223 e. The third-order valence-electron chi connectivity index (χ3n) is 5.40. The number of hydrogen-bond acceptors (Lipinski definition) is 3. The molecule has 148 valence electrons. The lowest BCUT2D eigenvalue weighted by Gasteiger charge is -2.32. The zero-order valence-corrected chi connectivity index (χ0v) is 17.2. The van der Waals surface area contributed by atoms with Gasteiger partial charge in [0.2, 0.25) is 11.9 Å². The molecule has 0 bridgehead atoms. The minimum atomic E-state index is 0.133. The third-order valence-corrected chi connectivity index (χ3v) is 5.40. The lowest BCUT2D eigenvalue weighted by atomic mass is 9.96. The van der Waals surface area contributed by atoms with Crippen LogP contribution in [0.25, 0.3) is 11.0 Å². The molecule has 3 rings (SSSR count). The van der Waals surface area contributed by atoms with Gasteiger partial charge in [-0.1, -0.05) is 39.8 Å². The minimum absolute atomic E-state index is 0.133. The lowest BCUT2D eigenvalue weighted by molar-refractivity contribution is -0.125. The molecule has 0 atom stereocenters. The largest absolute Gasteiger partial charge is 0.356 e. The molecule has 1 fully saturated rings. The van der Waals surface area contributed by atoms with Crippen LogP contribution in [0.5, 0.6) is 0 Å². The Morgan fingerprint density at radius 2 is 1.85 bits per heavy atom. The Balaban J connectivity index is 1.71. The Bertz CT molecular complexity index is 757. The third kappa shape index (κ3) is 4.82. The Kier molecular flexibility index (Phi) is 6.40. The first-order chi connectivity index (χ1) is 13.0. The molecule has 0 unspecified atom stereocenters. The molecule has 1 aliphatic rings. The van der Waals surface area contributed by atoms with E-state index in [-0.39, 0.29) is 11.8 Å². The first kappa shape index (κ1) is 19.7. The second kappa shape index (κ2) is 8.77. The van der Waals surface area contributed by atoms with Crippen molar-refractivity contribution in [1.82, 2.24) is 14.9 Å². The number of imidazole rings is 1. The zero-order chi connectivity index (χ0) is 19.4. The van der Waals surface area contributed by atoms with E-state index < -0.39 is 0 Å². The number of piperidine rings is 1. The number of hydrogen-bond donors (Lipinski definition) is 1. The Morgan fingerprint density at radius 3 is 2.52 bits per heavy atom. The highest BCUT2D eigenvalue weighted by Gasteiger charge is 2.27. The minimum Gasteiger partial charge on any atom is -0.356 e. The summed E-state index contributed by atoms with van der Waals surface area (Å²) >= 11 is 0. The van der Waals surface area contributed by atoms with Crippen LogP contribution in [0.15, 0.2) is 24.3 Å². The van der Waals surface area contributed by atoms with Crippen molar-refractivity contribution in [2.75, 3.05) is 24.5 Å². The Hall–Kier alpha value is -2.04. The first-order valence-corrected chi connectivity index (χ1v) is 10.4. The molecule has 2 aromatic rings. The fourth-order valence-corrected chi connectivity index (χ4v) is 3.70. The van der Waals surface area contributed by atoms with E-state index in [1.807, 2.05) is 0 Å². The average molecular weight is 371 g/mol. The Labute approximate surface area is 163 Å². The van der Waals surface area contributed by atoms with Gasteiger partial charge in [0.15, 0.2) is 0 Å². The van der Waals surface area contributed by atoms with Gasteiger partial charge in [0, 0.05) is 32.1 Å². The quantitative estimate of drug-likeness (QED) is 0.799. The van der Waals surface area contributed by atoms with Crippen LogP contribution in [0.3, 0.4) is 0 Å². The molecule has 1 aromatic carbocycles. The highest BCUT2D eigenvalue weighted by Crippen LogP contribution is 2.27. The van der Waals surface area contributed by atoms with Crippen LogP contribution < -0.4 is 10.2 Å². The fraction of sp³-hybridized carbons (Fsp3) is 0.636. The topological polar surface area (TPSA) is 50.2 Å². The number of anilines is 1. The van der Waals surface area contributed by atoms with E-state index in [1.165, 1.54) is 5.52 Å². The second-order valence-electron chi connectivity index (χ2n) is 8.63. The van der Waals surface area contributed by atoms with Crippen LogP contribution in [0.4, 0.5) is 5.95 Å². The summed E-state index contributed by atoms with van der Waals surface area (Å²) in [6, 6.07) is 8.40. The molecule has 0 spiro atoms. The van der Waals surface area contributed by atoms with E-state index in [9.17, 15) is 4.79 Å². The SMILES string of the molecule is CC(C)CCn1c(N2CCC(C(=O)NCC(C)C)CC2)nc2ccccc21. The number of nitrogens with zero attached hydrogens (tertiary/aromatic N) is 3. The second-order valence-corrected chi connectivity index (χ2v) is 8.63. The normalized spacial score (nSPS) is 15.9. The molecule has 0 aliphatic carbocycles. The van der Waals surface area contributed by atoms with Gasteiger partial charge in [-0.3, -0.25) is 4.79 Å². The van der Waals surface area contributed by atoms with Gasteiger partial charge in [-0.15, -0.1) is 0 Å². The van der Waals surface area contributed by atoms with E-state index >= 15 is 0 Å². The van der Waals surface area contributed by atoms with Crippen molar-refractivity contribution in [2.24, 2.45) is 17.8 Å². The number of benzene rings is 1. The number of carbonyl (C=O) groups is 1. The van der Waals surface area contributed by atoms with Crippen LogP contribution >= 0.6 is 0 Å². The van der Waals surface area contributed by atoms with Crippen molar-refractivity contribution in [3.8, 4) is 0 Å². The summed E-state index contributed by atoms with van der Waals surface area (Å²) < 4.78 is 2.37. The molecular formula is C22H34N4O. The van der Waals surface area contributed by atoms with Gasteiger partial charge in [-0.2, -0.15) is 0 Å². The van der Waals surface area contributed by atoms with Crippen molar-refractivity contribution < 1.29 is 4.79 Å². The zero-order valence-electron chi connectivity index (χ0n) is 17.2. The molecule has 1 saturated heterocycles. The molecule has 0 radical (unpaired) electrons. The summed E-state index contributed by atoms with van der Waals surface area (Å²) in [6.07, 6.45) is 2.94. The fourth-order valence-electron chi connectivity index (χ4n) is 3.70. The average Bonchev–Trinajstić information content (AvgIpc) is 3.03. The van der Waals surface area contributed by atoms with Crippen LogP contribution in [-0.2, 0) is 11.3 Å². The molecule has 5 heteroatoms. The number of carbonyl (C=O) groups excluding carboxylic acids is 1. The number of aryl methyl sites for hydroxylation is 1. The molecule has 0 saturated carbocycles. The van der Waals surface area contributed by atoms with Crippen LogP contribution in [0.2, 0.25) is 0 Å². The molecule has 1 N–H and O–H groups in total. The van der Waals surface area contributed by atoms with Crippen molar-refractivity contribution in [3.63, 3.8) is 0 Å².